The van der Waals surface area contributed by atoms with Gasteiger partial charge in [-0.25, -0.2) is 0 Å². The van der Waals surface area contributed by atoms with E-state index in [9.17, 15) is 0 Å². The molecule has 0 aromatic rings. The van der Waals surface area contributed by atoms with Crippen LogP contribution in [0.5, 0.6) is 0 Å². The van der Waals surface area contributed by atoms with Crippen LogP contribution in [0.3, 0.4) is 0 Å². The highest BCUT2D eigenvalue weighted by Gasteiger charge is 2.31. The lowest BCUT2D eigenvalue weighted by Gasteiger charge is -2.34. The van der Waals surface area contributed by atoms with Gasteiger partial charge in [0.15, 0.2) is 0 Å². The Bertz CT molecular complexity index is 86.3. The van der Waals surface area contributed by atoms with Crippen molar-refractivity contribution in [1.82, 2.24) is 4.90 Å². The highest BCUT2D eigenvalue weighted by atomic mass is 16.2. The lowest BCUT2D eigenvalue weighted by atomic mass is 10.1. The largest absolute Gasteiger partial charge is 0.397 e. The zero-order valence-corrected chi connectivity index (χ0v) is 10.7. The van der Waals surface area contributed by atoms with Gasteiger partial charge >= 0.3 is 0 Å². The van der Waals surface area contributed by atoms with E-state index in [2.05, 4.69) is 4.90 Å². The molecule has 2 rings (SSSR count). The predicted octanol–water partition coefficient (Wildman–Crippen LogP) is 2.91. The molecule has 0 bridgehead atoms. The Morgan fingerprint density at radius 3 is 1.71 bits per heavy atom. The third kappa shape index (κ3) is 6.39. The van der Waals surface area contributed by atoms with E-state index < -0.39 is 0 Å². The van der Waals surface area contributed by atoms with Gasteiger partial charge in [0.05, 0.1) is 0 Å². The van der Waals surface area contributed by atoms with E-state index in [1.54, 1.807) is 6.92 Å². The zero-order valence-electron chi connectivity index (χ0n) is 10.7. The molecule has 2 heteroatoms. The Labute approximate surface area is 90.3 Å². The maximum atomic E-state index is 7.57. The predicted molar refractivity (Wildman–Crippen MR) is 64.7 cm³/mol. The molecule has 14 heavy (non-hydrogen) atoms. The molecule has 0 aromatic heterocycles. The summed E-state index contributed by atoms with van der Waals surface area (Å²) in [6.45, 7) is 12.7. The molecule has 2 aliphatic rings. The number of aliphatic hydroxyl groups is 1. The summed E-state index contributed by atoms with van der Waals surface area (Å²) in [7, 11) is 0. The molecule has 0 radical (unpaired) electrons. The van der Waals surface area contributed by atoms with Crippen molar-refractivity contribution >= 4 is 0 Å². The summed E-state index contributed by atoms with van der Waals surface area (Å²) in [5, 5.41) is 7.57. The van der Waals surface area contributed by atoms with Crippen molar-refractivity contribution in [2.24, 2.45) is 0 Å². The molecule has 1 atom stereocenters. The van der Waals surface area contributed by atoms with Gasteiger partial charge in [0, 0.05) is 12.6 Å². The van der Waals surface area contributed by atoms with Gasteiger partial charge in [-0.05, 0) is 39.3 Å². The molecular weight excluding hydrogens is 174 g/mol. The van der Waals surface area contributed by atoms with Crippen LogP contribution in [-0.2, 0) is 0 Å². The molecule has 2 fully saturated rings. The third-order valence-electron chi connectivity index (χ3n) is 2.25. The van der Waals surface area contributed by atoms with Gasteiger partial charge in [-0.3, -0.25) is 0 Å². The minimum Gasteiger partial charge on any atom is -0.397 e. The van der Waals surface area contributed by atoms with E-state index in [1.807, 2.05) is 27.7 Å². The molecule has 2 saturated heterocycles. The smallest absolute Gasteiger partial charge is 0.0402 e. The number of hydrogen-bond acceptors (Lipinski definition) is 2. The fraction of sp³-hybridized carbons (Fsp3) is 1.00. The van der Waals surface area contributed by atoms with Gasteiger partial charge in [-0.15, -0.1) is 0 Å². The Balaban J connectivity index is 0. The van der Waals surface area contributed by atoms with E-state index in [4.69, 9.17) is 5.11 Å². The van der Waals surface area contributed by atoms with Crippen molar-refractivity contribution in [3.8, 4) is 0 Å². The summed E-state index contributed by atoms with van der Waals surface area (Å²) >= 11 is 0. The molecule has 2 aliphatic heterocycles. The number of rotatable bonds is 0. The monoisotopic (exact) mass is 203 g/mol. The minimum atomic E-state index is 0.250. The summed E-state index contributed by atoms with van der Waals surface area (Å²) in [5.41, 5.74) is 0. The molecule has 2 heterocycles. The molecule has 1 N–H and O–H groups in total. The second kappa shape index (κ2) is 12.9. The Hall–Kier alpha value is -0.0800. The Kier molecular flexibility index (Phi) is 15.1. The van der Waals surface area contributed by atoms with Crippen LogP contribution < -0.4 is 0 Å². The molecule has 0 amide bonds. The topological polar surface area (TPSA) is 23.5 Å². The Morgan fingerprint density at radius 1 is 1.07 bits per heavy atom. The summed E-state index contributed by atoms with van der Waals surface area (Å²) in [4.78, 5) is 2.58. The van der Waals surface area contributed by atoms with Crippen LogP contribution in [0, 0.1) is 0 Å². The zero-order chi connectivity index (χ0) is 11.4. The van der Waals surface area contributed by atoms with Crippen molar-refractivity contribution in [2.75, 3.05) is 19.7 Å². The first kappa shape index (κ1) is 16.4. The fourth-order valence-corrected chi connectivity index (χ4v) is 1.65. The molecule has 0 spiro atoms. The maximum absolute atomic E-state index is 7.57. The number of fused-ring (bicyclic) bond motifs is 1. The molecule has 2 nitrogen and oxygen atoms in total. The Morgan fingerprint density at radius 2 is 1.57 bits per heavy atom. The molecule has 88 valence electrons. The molecule has 0 aromatic carbocycles. The standard InChI is InChI=1S/C6H11N.C2H6O.2C2H6/c1-2-6-3-5-7(6)4-1;1-2-3;2*1-2/h6H,1-5H2;3H,2H2,1H3;2*1-2H3. The number of hydrogen-bond donors (Lipinski definition) is 1. The van der Waals surface area contributed by atoms with E-state index in [-0.39, 0.29) is 6.61 Å². The van der Waals surface area contributed by atoms with Crippen molar-refractivity contribution in [3.63, 3.8) is 0 Å². The van der Waals surface area contributed by atoms with Crippen LogP contribution in [0.2, 0.25) is 0 Å². The minimum absolute atomic E-state index is 0.250. The third-order valence-corrected chi connectivity index (χ3v) is 2.25. The van der Waals surface area contributed by atoms with Gasteiger partial charge in [0.25, 0.3) is 0 Å². The molecular formula is C12H29NO. The lowest BCUT2D eigenvalue weighted by Crippen LogP contribution is -2.42. The van der Waals surface area contributed by atoms with Crippen LogP contribution in [0.15, 0.2) is 0 Å². The van der Waals surface area contributed by atoms with Crippen LogP contribution in [0.4, 0.5) is 0 Å². The van der Waals surface area contributed by atoms with Crippen molar-refractivity contribution in [3.05, 3.63) is 0 Å². The number of aliphatic hydroxyl groups excluding tert-OH is 1. The first-order chi connectivity index (χ1) is 6.88. The summed E-state index contributed by atoms with van der Waals surface area (Å²) in [5.74, 6) is 0. The average Bonchev–Trinajstić information content (AvgIpc) is 2.54. The van der Waals surface area contributed by atoms with Crippen LogP contribution in [0.25, 0.3) is 0 Å². The second-order valence-electron chi connectivity index (χ2n) is 2.94. The van der Waals surface area contributed by atoms with E-state index in [1.165, 1.54) is 32.4 Å². The molecule has 0 aliphatic carbocycles. The number of nitrogens with zero attached hydrogens (tertiary/aromatic N) is 1. The lowest BCUT2D eigenvalue weighted by molar-refractivity contribution is 0.141. The van der Waals surface area contributed by atoms with Gasteiger partial charge in [0.2, 0.25) is 0 Å². The van der Waals surface area contributed by atoms with Crippen molar-refractivity contribution in [2.45, 2.75) is 59.9 Å². The highest BCUT2D eigenvalue weighted by Crippen LogP contribution is 2.27. The fourth-order valence-electron chi connectivity index (χ4n) is 1.65. The second-order valence-corrected chi connectivity index (χ2v) is 2.94. The quantitative estimate of drug-likeness (QED) is 0.654. The summed E-state index contributed by atoms with van der Waals surface area (Å²) < 4.78 is 0. The van der Waals surface area contributed by atoms with E-state index in [0.717, 1.165) is 6.04 Å². The highest BCUT2D eigenvalue weighted by molar-refractivity contribution is 4.87. The van der Waals surface area contributed by atoms with Gasteiger partial charge in [-0.2, -0.15) is 0 Å². The summed E-state index contributed by atoms with van der Waals surface area (Å²) in [6.07, 6.45) is 4.44. The summed E-state index contributed by atoms with van der Waals surface area (Å²) in [6, 6.07) is 1.03. The van der Waals surface area contributed by atoms with E-state index >= 15 is 0 Å². The molecule has 1 unspecified atom stereocenters. The first-order valence-electron chi connectivity index (χ1n) is 6.23. The SMILES string of the molecule is C1CC2CCN2C1.CC.CC.CCO. The maximum Gasteiger partial charge on any atom is 0.0402 e. The molecule has 0 saturated carbocycles. The van der Waals surface area contributed by atoms with Crippen LogP contribution in [0.1, 0.15) is 53.9 Å². The van der Waals surface area contributed by atoms with Crippen molar-refractivity contribution in [1.29, 1.82) is 0 Å². The normalized spacial score (nSPS) is 22.3. The van der Waals surface area contributed by atoms with Crippen molar-refractivity contribution < 1.29 is 5.11 Å². The van der Waals surface area contributed by atoms with Gasteiger partial charge in [-0.1, -0.05) is 27.7 Å². The van der Waals surface area contributed by atoms with Gasteiger partial charge < -0.3 is 10.0 Å². The first-order valence-corrected chi connectivity index (χ1v) is 6.23. The van der Waals surface area contributed by atoms with Crippen LogP contribution in [-0.4, -0.2) is 35.7 Å². The average molecular weight is 203 g/mol. The van der Waals surface area contributed by atoms with Crippen LogP contribution >= 0.6 is 0 Å². The van der Waals surface area contributed by atoms with Gasteiger partial charge in [0.1, 0.15) is 0 Å². The van der Waals surface area contributed by atoms with E-state index in [0.29, 0.717) is 0 Å².